The van der Waals surface area contributed by atoms with Crippen molar-refractivity contribution in [1.82, 2.24) is 19.7 Å². The molecule has 0 radical (unpaired) electrons. The molecular formula is C21H19N5OS2. The van der Waals surface area contributed by atoms with E-state index in [1.165, 1.54) is 17.3 Å². The molecule has 146 valence electrons. The zero-order valence-corrected chi connectivity index (χ0v) is 17.6. The van der Waals surface area contributed by atoms with Gasteiger partial charge in [0.25, 0.3) is 0 Å². The first-order valence-electron chi connectivity index (χ1n) is 9.01. The van der Waals surface area contributed by atoms with Crippen LogP contribution >= 0.6 is 23.1 Å². The standard InChI is InChI=1S/C21H19N5OS2/c1-14-3-9-18(10-4-14)26-13-22-25-21(26)29-12-20(27)24-17-7-5-16(6-8-17)19-11-28-15(2)23-19/h3-11,13H,12H2,1-2H3,(H,24,27). The minimum atomic E-state index is -0.0919. The maximum atomic E-state index is 12.4. The molecular weight excluding hydrogens is 402 g/mol. The average molecular weight is 422 g/mol. The summed E-state index contributed by atoms with van der Waals surface area (Å²) in [6.45, 7) is 4.03. The molecule has 0 spiro atoms. The molecule has 2 aromatic heterocycles. The van der Waals surface area contributed by atoms with Gasteiger partial charge in [-0.2, -0.15) is 0 Å². The summed E-state index contributed by atoms with van der Waals surface area (Å²) >= 11 is 2.97. The van der Waals surface area contributed by atoms with Gasteiger partial charge in [0.15, 0.2) is 5.16 Å². The molecule has 2 aromatic carbocycles. The highest BCUT2D eigenvalue weighted by Gasteiger charge is 2.11. The summed E-state index contributed by atoms with van der Waals surface area (Å²) in [4.78, 5) is 16.8. The van der Waals surface area contributed by atoms with Crippen LogP contribution in [0, 0.1) is 13.8 Å². The number of aromatic nitrogens is 4. The van der Waals surface area contributed by atoms with Crippen LogP contribution in [0.4, 0.5) is 5.69 Å². The van der Waals surface area contributed by atoms with Gasteiger partial charge in [0.1, 0.15) is 6.33 Å². The van der Waals surface area contributed by atoms with E-state index in [1.54, 1.807) is 17.7 Å². The van der Waals surface area contributed by atoms with Crippen molar-refractivity contribution >= 4 is 34.7 Å². The zero-order chi connectivity index (χ0) is 20.2. The molecule has 8 heteroatoms. The molecule has 29 heavy (non-hydrogen) atoms. The lowest BCUT2D eigenvalue weighted by molar-refractivity contribution is -0.113. The van der Waals surface area contributed by atoms with E-state index in [1.807, 2.05) is 72.3 Å². The van der Waals surface area contributed by atoms with Crippen molar-refractivity contribution in [3.8, 4) is 16.9 Å². The largest absolute Gasteiger partial charge is 0.325 e. The third-order valence-electron chi connectivity index (χ3n) is 4.24. The van der Waals surface area contributed by atoms with Gasteiger partial charge in [-0.3, -0.25) is 9.36 Å². The second-order valence-electron chi connectivity index (χ2n) is 6.49. The van der Waals surface area contributed by atoms with Gasteiger partial charge in [-0.1, -0.05) is 41.6 Å². The van der Waals surface area contributed by atoms with E-state index in [9.17, 15) is 4.79 Å². The van der Waals surface area contributed by atoms with Gasteiger partial charge in [0.2, 0.25) is 5.91 Å². The third kappa shape index (κ3) is 4.72. The molecule has 0 saturated carbocycles. The first kappa shape index (κ1) is 19.4. The van der Waals surface area contributed by atoms with Crippen molar-refractivity contribution in [3.05, 3.63) is 70.8 Å². The minimum Gasteiger partial charge on any atom is -0.325 e. The van der Waals surface area contributed by atoms with Crippen LogP contribution in [0.5, 0.6) is 0 Å². The van der Waals surface area contributed by atoms with E-state index in [2.05, 4.69) is 20.5 Å². The first-order chi connectivity index (χ1) is 14.1. The number of nitrogens with zero attached hydrogens (tertiary/aromatic N) is 4. The summed E-state index contributed by atoms with van der Waals surface area (Å²) in [6, 6.07) is 15.8. The lowest BCUT2D eigenvalue weighted by Crippen LogP contribution is -2.14. The molecule has 6 nitrogen and oxygen atoms in total. The number of anilines is 1. The maximum absolute atomic E-state index is 12.4. The highest BCUT2D eigenvalue weighted by atomic mass is 32.2. The van der Waals surface area contributed by atoms with Gasteiger partial charge in [-0.05, 0) is 38.1 Å². The summed E-state index contributed by atoms with van der Waals surface area (Å²) < 4.78 is 1.88. The number of hydrogen-bond donors (Lipinski definition) is 1. The monoisotopic (exact) mass is 421 g/mol. The molecule has 0 bridgehead atoms. The van der Waals surface area contributed by atoms with Gasteiger partial charge >= 0.3 is 0 Å². The fraction of sp³-hybridized carbons (Fsp3) is 0.143. The zero-order valence-electron chi connectivity index (χ0n) is 16.0. The number of rotatable bonds is 6. The number of thiazole rings is 1. The van der Waals surface area contributed by atoms with Crippen molar-refractivity contribution in [3.63, 3.8) is 0 Å². The van der Waals surface area contributed by atoms with Crippen LogP contribution in [0.3, 0.4) is 0 Å². The SMILES string of the molecule is Cc1ccc(-n2cnnc2SCC(=O)Nc2ccc(-c3csc(C)n3)cc2)cc1. The van der Waals surface area contributed by atoms with E-state index in [4.69, 9.17) is 0 Å². The molecule has 1 N–H and O–H groups in total. The van der Waals surface area contributed by atoms with Crippen LogP contribution < -0.4 is 5.32 Å². The Bertz CT molecular complexity index is 1120. The number of amides is 1. The smallest absolute Gasteiger partial charge is 0.234 e. The Labute approximate surface area is 177 Å². The molecule has 1 amide bonds. The highest BCUT2D eigenvalue weighted by Crippen LogP contribution is 2.24. The van der Waals surface area contributed by atoms with Crippen molar-refractivity contribution in [2.45, 2.75) is 19.0 Å². The van der Waals surface area contributed by atoms with Crippen molar-refractivity contribution in [2.75, 3.05) is 11.1 Å². The van der Waals surface area contributed by atoms with Gasteiger partial charge in [-0.15, -0.1) is 21.5 Å². The van der Waals surface area contributed by atoms with Crippen molar-refractivity contribution in [1.29, 1.82) is 0 Å². The lowest BCUT2D eigenvalue weighted by Gasteiger charge is -2.08. The normalized spacial score (nSPS) is 10.8. The van der Waals surface area contributed by atoms with Gasteiger partial charge < -0.3 is 5.32 Å². The van der Waals surface area contributed by atoms with E-state index < -0.39 is 0 Å². The molecule has 2 heterocycles. The lowest BCUT2D eigenvalue weighted by atomic mass is 10.1. The Balaban J connectivity index is 1.36. The van der Waals surface area contributed by atoms with E-state index >= 15 is 0 Å². The van der Waals surface area contributed by atoms with Crippen LogP contribution in [-0.4, -0.2) is 31.4 Å². The van der Waals surface area contributed by atoms with Crippen LogP contribution in [0.15, 0.2) is 65.4 Å². The van der Waals surface area contributed by atoms with Gasteiger partial charge in [0.05, 0.1) is 16.5 Å². The third-order valence-corrected chi connectivity index (χ3v) is 5.96. The second-order valence-corrected chi connectivity index (χ2v) is 8.49. The van der Waals surface area contributed by atoms with Gasteiger partial charge in [-0.25, -0.2) is 4.98 Å². The van der Waals surface area contributed by atoms with Crippen molar-refractivity contribution < 1.29 is 4.79 Å². The molecule has 0 aliphatic carbocycles. The highest BCUT2D eigenvalue weighted by molar-refractivity contribution is 7.99. The molecule has 0 aliphatic heterocycles. The number of aryl methyl sites for hydroxylation is 2. The van der Waals surface area contributed by atoms with Crippen LogP contribution in [0.25, 0.3) is 16.9 Å². The summed E-state index contributed by atoms with van der Waals surface area (Å²) in [5.41, 5.74) is 4.90. The second kappa shape index (κ2) is 8.59. The van der Waals surface area contributed by atoms with E-state index in [0.717, 1.165) is 27.6 Å². The number of thioether (sulfide) groups is 1. The topological polar surface area (TPSA) is 72.7 Å². The average Bonchev–Trinajstić information content (AvgIpc) is 3.37. The Morgan fingerprint density at radius 3 is 2.55 bits per heavy atom. The maximum Gasteiger partial charge on any atom is 0.234 e. The molecule has 0 unspecified atom stereocenters. The predicted octanol–water partition coefficient (Wildman–Crippen LogP) is 4.74. The summed E-state index contributed by atoms with van der Waals surface area (Å²) in [6.07, 6.45) is 1.66. The molecule has 0 atom stereocenters. The van der Waals surface area contributed by atoms with Crippen LogP contribution in [-0.2, 0) is 4.79 Å². The Morgan fingerprint density at radius 2 is 1.86 bits per heavy atom. The van der Waals surface area contributed by atoms with E-state index in [-0.39, 0.29) is 11.7 Å². The number of carbonyl (C=O) groups is 1. The fourth-order valence-corrected chi connectivity index (χ4v) is 4.10. The Kier molecular flexibility index (Phi) is 5.73. The first-order valence-corrected chi connectivity index (χ1v) is 10.9. The van der Waals surface area contributed by atoms with Crippen LogP contribution in [0.1, 0.15) is 10.6 Å². The number of hydrogen-bond acceptors (Lipinski definition) is 6. The minimum absolute atomic E-state index is 0.0919. The van der Waals surface area contributed by atoms with Crippen molar-refractivity contribution in [2.24, 2.45) is 0 Å². The number of carbonyl (C=O) groups excluding carboxylic acids is 1. The fourth-order valence-electron chi connectivity index (χ4n) is 2.75. The van der Waals surface area contributed by atoms with E-state index in [0.29, 0.717) is 5.16 Å². The summed E-state index contributed by atoms with van der Waals surface area (Å²) in [5, 5.41) is 14.8. The number of benzene rings is 2. The molecule has 4 aromatic rings. The number of nitrogens with one attached hydrogen (secondary N) is 1. The summed E-state index contributed by atoms with van der Waals surface area (Å²) in [7, 11) is 0. The molecule has 0 aliphatic rings. The summed E-state index contributed by atoms with van der Waals surface area (Å²) in [5.74, 6) is 0.156. The quantitative estimate of drug-likeness (QED) is 0.455. The van der Waals surface area contributed by atoms with Crippen LogP contribution in [0.2, 0.25) is 0 Å². The predicted molar refractivity (Wildman–Crippen MR) is 118 cm³/mol. The molecule has 0 saturated heterocycles. The molecule has 0 fully saturated rings. The molecule has 4 rings (SSSR count). The Morgan fingerprint density at radius 1 is 1.10 bits per heavy atom. The van der Waals surface area contributed by atoms with Gasteiger partial charge in [0, 0.05) is 22.3 Å². The Hall–Kier alpha value is -2.97.